The molecule has 1 heterocycles. The Bertz CT molecular complexity index is 1040. The summed E-state index contributed by atoms with van der Waals surface area (Å²) < 4.78 is 0. The lowest BCUT2D eigenvalue weighted by Crippen LogP contribution is -2.48. The van der Waals surface area contributed by atoms with E-state index < -0.39 is 0 Å². The molecule has 0 radical (unpaired) electrons. The lowest BCUT2D eigenvalue weighted by Gasteiger charge is -2.52. The van der Waals surface area contributed by atoms with Gasteiger partial charge in [0.05, 0.1) is 5.57 Å². The quantitative estimate of drug-likeness (QED) is 0.454. The summed E-state index contributed by atoms with van der Waals surface area (Å²) in [6.45, 7) is 11.0. The predicted octanol–water partition coefficient (Wildman–Crippen LogP) is 6.25. The van der Waals surface area contributed by atoms with E-state index in [1.807, 2.05) is 43.3 Å². The molecular weight excluding hydrogens is 394 g/mol. The number of carbonyl (C=O) groups excluding carboxylic acids is 2. The van der Waals surface area contributed by atoms with E-state index in [0.29, 0.717) is 17.2 Å². The molecule has 1 saturated carbocycles. The smallest absolute Gasteiger partial charge is 0.259 e. The molecule has 1 N–H and O–H groups in total. The first-order chi connectivity index (χ1) is 15.2. The SMILES string of the molecule is C/C=C(\C)[C@@H]1C(C)=C[C@]2(C)C[C@H](C)CC[C@H]2[C@@H]1C(=O)C1=C/C(=C/c2ccccc2)NC1=O. The lowest BCUT2D eigenvalue weighted by atomic mass is 9.52. The first-order valence-electron chi connectivity index (χ1n) is 11.9. The molecule has 0 unspecified atom stereocenters. The second-order valence-electron chi connectivity index (χ2n) is 10.3. The molecule has 1 aromatic carbocycles. The predicted molar refractivity (Wildman–Crippen MR) is 130 cm³/mol. The molecule has 5 atom stereocenters. The number of fused-ring (bicyclic) bond motifs is 1. The Morgan fingerprint density at radius 1 is 1.19 bits per heavy atom. The molecule has 0 bridgehead atoms. The zero-order valence-corrected chi connectivity index (χ0v) is 19.9. The highest BCUT2D eigenvalue weighted by molar-refractivity contribution is 6.23. The molecule has 3 nitrogen and oxygen atoms in total. The van der Waals surface area contributed by atoms with E-state index in [1.54, 1.807) is 6.08 Å². The van der Waals surface area contributed by atoms with E-state index in [4.69, 9.17) is 0 Å². The van der Waals surface area contributed by atoms with Gasteiger partial charge >= 0.3 is 0 Å². The number of ketones is 1. The van der Waals surface area contributed by atoms with Crippen molar-refractivity contribution in [3.63, 3.8) is 0 Å². The zero-order chi connectivity index (χ0) is 23.0. The third kappa shape index (κ3) is 4.05. The van der Waals surface area contributed by atoms with Gasteiger partial charge in [0.15, 0.2) is 5.78 Å². The van der Waals surface area contributed by atoms with Gasteiger partial charge in [-0.3, -0.25) is 9.59 Å². The number of amides is 1. The fourth-order valence-corrected chi connectivity index (χ4v) is 6.46. The first kappa shape index (κ1) is 22.5. The Balaban J connectivity index is 1.74. The summed E-state index contributed by atoms with van der Waals surface area (Å²) in [6, 6.07) is 9.87. The number of Topliss-reactive ketones (excluding diaryl/α,β-unsaturated/α-hetero) is 1. The molecule has 3 aliphatic rings. The van der Waals surface area contributed by atoms with Gasteiger partial charge in [0.2, 0.25) is 0 Å². The fourth-order valence-electron chi connectivity index (χ4n) is 6.46. The van der Waals surface area contributed by atoms with Gasteiger partial charge in [0.25, 0.3) is 5.91 Å². The van der Waals surface area contributed by atoms with Gasteiger partial charge < -0.3 is 5.32 Å². The average Bonchev–Trinajstić information content (AvgIpc) is 3.11. The van der Waals surface area contributed by atoms with Gasteiger partial charge in [-0.1, -0.05) is 73.9 Å². The number of hydrogen-bond acceptors (Lipinski definition) is 2. The number of rotatable bonds is 4. The molecule has 2 aliphatic carbocycles. The summed E-state index contributed by atoms with van der Waals surface area (Å²) in [6.07, 6.45) is 11.5. The van der Waals surface area contributed by atoms with Crippen molar-refractivity contribution in [2.24, 2.45) is 29.1 Å². The van der Waals surface area contributed by atoms with Crippen LogP contribution in [-0.4, -0.2) is 11.7 Å². The van der Waals surface area contributed by atoms with Crippen molar-refractivity contribution in [2.75, 3.05) is 0 Å². The number of allylic oxidation sites excluding steroid dienone is 5. The summed E-state index contributed by atoms with van der Waals surface area (Å²) in [5.74, 6) is 0.516. The topological polar surface area (TPSA) is 46.2 Å². The summed E-state index contributed by atoms with van der Waals surface area (Å²) in [7, 11) is 0. The van der Waals surface area contributed by atoms with Crippen LogP contribution < -0.4 is 5.32 Å². The largest absolute Gasteiger partial charge is 0.322 e. The Morgan fingerprint density at radius 3 is 2.59 bits per heavy atom. The van der Waals surface area contributed by atoms with Gasteiger partial charge in [-0.05, 0) is 68.6 Å². The first-order valence-corrected chi connectivity index (χ1v) is 11.9. The minimum atomic E-state index is -0.271. The van der Waals surface area contributed by atoms with Crippen molar-refractivity contribution in [2.45, 2.75) is 53.9 Å². The highest BCUT2D eigenvalue weighted by atomic mass is 16.2. The van der Waals surface area contributed by atoms with Gasteiger partial charge in [-0.15, -0.1) is 0 Å². The molecule has 32 heavy (non-hydrogen) atoms. The molecule has 1 aromatic rings. The number of hydrogen-bond donors (Lipinski definition) is 1. The van der Waals surface area contributed by atoms with Crippen LogP contribution in [0.5, 0.6) is 0 Å². The summed E-state index contributed by atoms with van der Waals surface area (Å²) in [5, 5.41) is 2.91. The van der Waals surface area contributed by atoms with E-state index in [2.05, 4.69) is 45.2 Å². The van der Waals surface area contributed by atoms with E-state index in [0.717, 1.165) is 24.8 Å². The number of carbonyl (C=O) groups is 2. The minimum Gasteiger partial charge on any atom is -0.322 e. The average molecular weight is 430 g/mol. The van der Waals surface area contributed by atoms with Crippen molar-refractivity contribution in [1.82, 2.24) is 5.32 Å². The van der Waals surface area contributed by atoms with Crippen LogP contribution in [0.25, 0.3) is 6.08 Å². The Kier molecular flexibility index (Phi) is 6.11. The van der Waals surface area contributed by atoms with Crippen LogP contribution in [0.1, 0.15) is 59.4 Å². The van der Waals surface area contributed by atoms with Gasteiger partial charge in [0, 0.05) is 17.5 Å². The highest BCUT2D eigenvalue weighted by Crippen LogP contribution is 2.56. The Morgan fingerprint density at radius 2 is 1.91 bits per heavy atom. The normalized spacial score (nSPS) is 34.0. The molecule has 1 aliphatic heterocycles. The van der Waals surface area contributed by atoms with Crippen LogP contribution in [0.15, 0.2) is 71.0 Å². The Labute approximate surface area is 192 Å². The lowest BCUT2D eigenvalue weighted by molar-refractivity contribution is -0.128. The molecular formula is C29H35NO2. The van der Waals surface area contributed by atoms with Crippen molar-refractivity contribution < 1.29 is 9.59 Å². The maximum absolute atomic E-state index is 14.1. The van der Waals surface area contributed by atoms with Crippen molar-refractivity contribution in [1.29, 1.82) is 0 Å². The monoisotopic (exact) mass is 429 g/mol. The summed E-state index contributed by atoms with van der Waals surface area (Å²) in [5.41, 5.74) is 4.49. The fraction of sp³-hybridized carbons (Fsp3) is 0.448. The molecule has 3 heteroatoms. The van der Waals surface area contributed by atoms with Crippen molar-refractivity contribution >= 4 is 17.8 Å². The van der Waals surface area contributed by atoms with Crippen LogP contribution in [0, 0.1) is 29.1 Å². The van der Waals surface area contributed by atoms with E-state index >= 15 is 0 Å². The van der Waals surface area contributed by atoms with E-state index in [1.165, 1.54) is 11.1 Å². The minimum absolute atomic E-state index is 0.00314. The van der Waals surface area contributed by atoms with Gasteiger partial charge in [-0.25, -0.2) is 0 Å². The number of nitrogens with one attached hydrogen (secondary N) is 1. The van der Waals surface area contributed by atoms with Gasteiger partial charge in [0.1, 0.15) is 0 Å². The maximum atomic E-state index is 14.1. The van der Waals surface area contributed by atoms with Crippen LogP contribution >= 0.6 is 0 Å². The standard InChI is InChI=1S/C29H35NO2/c1-6-19(3)25-20(4)17-29(5)16-18(2)12-13-24(29)26(25)27(31)23-15-22(30-28(23)32)14-21-10-8-7-9-11-21/h6-11,14-15,17-18,24-26H,12-13,16H2,1-5H3,(H,30,32)/b19-6+,22-14-/t18-,24+,25-,26+,29+/m1/s1. The maximum Gasteiger partial charge on any atom is 0.259 e. The zero-order valence-electron chi connectivity index (χ0n) is 19.9. The van der Waals surface area contributed by atoms with Crippen LogP contribution in [0.4, 0.5) is 0 Å². The molecule has 1 amide bonds. The molecule has 4 rings (SSSR count). The highest BCUT2D eigenvalue weighted by Gasteiger charge is 2.51. The van der Waals surface area contributed by atoms with Crippen molar-refractivity contribution in [3.05, 3.63) is 76.5 Å². The third-order valence-electron chi connectivity index (χ3n) is 7.88. The number of benzene rings is 1. The molecule has 0 saturated heterocycles. The van der Waals surface area contributed by atoms with Crippen LogP contribution in [0.2, 0.25) is 0 Å². The van der Waals surface area contributed by atoms with E-state index in [9.17, 15) is 9.59 Å². The molecule has 168 valence electrons. The molecule has 0 spiro atoms. The second-order valence-corrected chi connectivity index (χ2v) is 10.3. The van der Waals surface area contributed by atoms with Crippen LogP contribution in [-0.2, 0) is 9.59 Å². The molecule has 0 aromatic heterocycles. The van der Waals surface area contributed by atoms with Crippen molar-refractivity contribution in [3.8, 4) is 0 Å². The molecule has 1 fully saturated rings. The third-order valence-corrected chi connectivity index (χ3v) is 7.88. The van der Waals surface area contributed by atoms with E-state index in [-0.39, 0.29) is 34.9 Å². The Hall–Kier alpha value is -2.68. The summed E-state index contributed by atoms with van der Waals surface area (Å²) in [4.78, 5) is 27.0. The van der Waals surface area contributed by atoms with Gasteiger partial charge in [-0.2, -0.15) is 0 Å². The second kappa shape index (κ2) is 8.69. The summed E-state index contributed by atoms with van der Waals surface area (Å²) >= 11 is 0. The van der Waals surface area contributed by atoms with Crippen LogP contribution in [0.3, 0.4) is 0 Å².